The Kier molecular flexibility index (Phi) is 4.77. The molecule has 1 radical (unpaired) electrons. The van der Waals surface area contributed by atoms with E-state index in [4.69, 9.17) is 4.74 Å². The van der Waals surface area contributed by atoms with E-state index in [0.29, 0.717) is 12.2 Å². The number of esters is 1. The molecular weight excluding hydrogens is 152 g/mol. The van der Waals surface area contributed by atoms with E-state index in [2.05, 4.69) is 0 Å². The van der Waals surface area contributed by atoms with Crippen LogP contribution in [0.4, 0.5) is 0 Å². The van der Waals surface area contributed by atoms with Crippen molar-refractivity contribution in [3.8, 4) is 0 Å². The van der Waals surface area contributed by atoms with Gasteiger partial charge in [-0.1, -0.05) is 25.6 Å². The first-order valence-corrected chi connectivity index (χ1v) is 3.56. The fourth-order valence-corrected chi connectivity index (χ4v) is 0.789. The van der Waals surface area contributed by atoms with Crippen molar-refractivity contribution in [1.29, 1.82) is 0 Å². The van der Waals surface area contributed by atoms with Crippen LogP contribution < -0.4 is 0 Å². The Hall–Kier alpha value is -1.31. The van der Waals surface area contributed by atoms with Gasteiger partial charge in [0.2, 0.25) is 0 Å². The standard InChI is InChI=1S/C9H10O2.CH3/c1-2-11-9(10)8-6-4-3-5-7-8;/h3-7H,2H2,1H3;1H3. The average molecular weight is 165 g/mol. The van der Waals surface area contributed by atoms with Gasteiger partial charge in [-0.05, 0) is 19.1 Å². The fourth-order valence-electron chi connectivity index (χ4n) is 0.789. The van der Waals surface area contributed by atoms with Gasteiger partial charge in [-0.2, -0.15) is 0 Å². The van der Waals surface area contributed by atoms with Crippen LogP contribution in [0.15, 0.2) is 30.3 Å². The van der Waals surface area contributed by atoms with Crippen LogP contribution in [0.3, 0.4) is 0 Å². The molecule has 65 valence electrons. The average Bonchev–Trinajstić information content (AvgIpc) is 2.07. The Morgan fingerprint density at radius 1 is 1.33 bits per heavy atom. The van der Waals surface area contributed by atoms with Crippen molar-refractivity contribution in [3.05, 3.63) is 43.3 Å². The van der Waals surface area contributed by atoms with Gasteiger partial charge in [0.05, 0.1) is 12.2 Å². The van der Waals surface area contributed by atoms with Gasteiger partial charge in [-0.15, -0.1) is 0 Å². The topological polar surface area (TPSA) is 26.3 Å². The third kappa shape index (κ3) is 2.74. The second kappa shape index (κ2) is 5.35. The normalized spacial score (nSPS) is 8.42. The summed E-state index contributed by atoms with van der Waals surface area (Å²) in [5.41, 5.74) is 0.606. The van der Waals surface area contributed by atoms with Gasteiger partial charge in [0.25, 0.3) is 0 Å². The molecule has 2 heteroatoms. The highest BCUT2D eigenvalue weighted by Crippen LogP contribution is 1.99. The molecule has 0 aromatic heterocycles. The number of benzene rings is 1. The summed E-state index contributed by atoms with van der Waals surface area (Å²) in [6.45, 7) is 2.22. The van der Waals surface area contributed by atoms with E-state index in [9.17, 15) is 4.79 Å². The molecule has 0 atom stereocenters. The molecule has 0 spiro atoms. The highest BCUT2D eigenvalue weighted by Gasteiger charge is 2.02. The van der Waals surface area contributed by atoms with Crippen molar-refractivity contribution in [3.63, 3.8) is 0 Å². The third-order valence-corrected chi connectivity index (χ3v) is 1.28. The van der Waals surface area contributed by atoms with Crippen LogP contribution in [0, 0.1) is 7.43 Å². The zero-order valence-corrected chi connectivity index (χ0v) is 7.41. The van der Waals surface area contributed by atoms with E-state index in [1.54, 1.807) is 19.1 Å². The van der Waals surface area contributed by atoms with E-state index < -0.39 is 0 Å². The molecule has 12 heavy (non-hydrogen) atoms. The van der Waals surface area contributed by atoms with Gasteiger partial charge in [0.15, 0.2) is 0 Å². The molecule has 0 aliphatic heterocycles. The Labute approximate surface area is 73.2 Å². The van der Waals surface area contributed by atoms with Crippen molar-refractivity contribution in [2.75, 3.05) is 6.61 Å². The largest absolute Gasteiger partial charge is 0.462 e. The van der Waals surface area contributed by atoms with E-state index in [1.165, 1.54) is 0 Å². The van der Waals surface area contributed by atoms with Gasteiger partial charge >= 0.3 is 5.97 Å². The molecule has 0 saturated heterocycles. The smallest absolute Gasteiger partial charge is 0.338 e. The summed E-state index contributed by atoms with van der Waals surface area (Å²) >= 11 is 0. The second-order valence-corrected chi connectivity index (χ2v) is 2.09. The number of rotatable bonds is 2. The molecule has 0 N–H and O–H groups in total. The first kappa shape index (κ1) is 10.7. The lowest BCUT2D eigenvalue weighted by Gasteiger charge is -1.99. The van der Waals surface area contributed by atoms with Gasteiger partial charge in [0, 0.05) is 0 Å². The number of carbonyl (C=O) groups excluding carboxylic acids is 1. The highest BCUT2D eigenvalue weighted by molar-refractivity contribution is 5.89. The molecule has 0 bridgehead atoms. The molecule has 0 aliphatic carbocycles. The van der Waals surface area contributed by atoms with Crippen LogP contribution in [0.25, 0.3) is 0 Å². The minimum atomic E-state index is -0.256. The van der Waals surface area contributed by atoms with Crippen LogP contribution in [0.2, 0.25) is 0 Å². The lowest BCUT2D eigenvalue weighted by molar-refractivity contribution is 0.0526. The van der Waals surface area contributed by atoms with Gasteiger partial charge < -0.3 is 4.74 Å². The molecule has 0 fully saturated rings. The van der Waals surface area contributed by atoms with Crippen LogP contribution >= 0.6 is 0 Å². The minimum absolute atomic E-state index is 0. The summed E-state index contributed by atoms with van der Waals surface area (Å²) in [7, 11) is 0. The lowest BCUT2D eigenvalue weighted by atomic mass is 10.2. The lowest BCUT2D eigenvalue weighted by Crippen LogP contribution is -2.03. The van der Waals surface area contributed by atoms with Crippen molar-refractivity contribution >= 4 is 5.97 Å². The van der Waals surface area contributed by atoms with Crippen LogP contribution in [0.1, 0.15) is 17.3 Å². The molecule has 1 aromatic rings. The number of carbonyl (C=O) groups is 1. The second-order valence-electron chi connectivity index (χ2n) is 2.09. The Bertz CT molecular complexity index is 229. The summed E-state index contributed by atoms with van der Waals surface area (Å²) in [4.78, 5) is 11.0. The maximum atomic E-state index is 11.0. The van der Waals surface area contributed by atoms with Crippen molar-refractivity contribution < 1.29 is 9.53 Å². The molecule has 1 rings (SSSR count). The summed E-state index contributed by atoms with van der Waals surface area (Å²) < 4.78 is 4.79. The molecule has 1 aromatic carbocycles. The predicted molar refractivity (Wildman–Crippen MR) is 48.8 cm³/mol. The van der Waals surface area contributed by atoms with Crippen molar-refractivity contribution in [2.24, 2.45) is 0 Å². The molecule has 0 heterocycles. The first-order chi connectivity index (χ1) is 5.34. The maximum absolute atomic E-state index is 11.0. The highest BCUT2D eigenvalue weighted by atomic mass is 16.5. The van der Waals surface area contributed by atoms with Gasteiger partial charge in [0.1, 0.15) is 0 Å². The summed E-state index contributed by atoms with van der Waals surface area (Å²) in [6, 6.07) is 8.96. The van der Waals surface area contributed by atoms with Crippen LogP contribution in [-0.4, -0.2) is 12.6 Å². The van der Waals surface area contributed by atoms with Gasteiger partial charge in [-0.3, -0.25) is 0 Å². The van der Waals surface area contributed by atoms with Crippen LogP contribution in [-0.2, 0) is 4.74 Å². The Morgan fingerprint density at radius 2 is 1.92 bits per heavy atom. The first-order valence-electron chi connectivity index (χ1n) is 3.56. The maximum Gasteiger partial charge on any atom is 0.338 e. The van der Waals surface area contributed by atoms with E-state index in [0.717, 1.165) is 0 Å². The molecule has 0 amide bonds. The SMILES string of the molecule is CCOC(=O)c1ccccc1.[CH3]. The third-order valence-electron chi connectivity index (χ3n) is 1.28. The fraction of sp³-hybridized carbons (Fsp3) is 0.200. The molecule has 0 aliphatic rings. The van der Waals surface area contributed by atoms with E-state index in [1.807, 2.05) is 18.2 Å². The molecule has 0 saturated carbocycles. The minimum Gasteiger partial charge on any atom is -0.462 e. The zero-order valence-electron chi connectivity index (χ0n) is 7.41. The quantitative estimate of drug-likeness (QED) is 0.628. The summed E-state index contributed by atoms with van der Waals surface area (Å²) in [6.07, 6.45) is 0. The Balaban J connectivity index is 0.00000121. The van der Waals surface area contributed by atoms with E-state index in [-0.39, 0.29) is 13.4 Å². The predicted octanol–water partition coefficient (Wildman–Crippen LogP) is 2.31. The monoisotopic (exact) mass is 165 g/mol. The van der Waals surface area contributed by atoms with Crippen molar-refractivity contribution in [2.45, 2.75) is 6.92 Å². The molecule has 2 nitrogen and oxygen atoms in total. The number of hydrogen-bond donors (Lipinski definition) is 0. The molecular formula is C10H13O2. The number of hydrogen-bond acceptors (Lipinski definition) is 2. The summed E-state index contributed by atoms with van der Waals surface area (Å²) in [5.74, 6) is -0.256. The van der Waals surface area contributed by atoms with Crippen LogP contribution in [0.5, 0.6) is 0 Å². The molecule has 0 unspecified atom stereocenters. The Morgan fingerprint density at radius 3 is 2.42 bits per heavy atom. The van der Waals surface area contributed by atoms with Crippen molar-refractivity contribution in [1.82, 2.24) is 0 Å². The van der Waals surface area contributed by atoms with Gasteiger partial charge in [-0.25, -0.2) is 4.79 Å². The number of ether oxygens (including phenoxy) is 1. The summed E-state index contributed by atoms with van der Waals surface area (Å²) in [5, 5.41) is 0. The van der Waals surface area contributed by atoms with E-state index >= 15 is 0 Å². The zero-order chi connectivity index (χ0) is 8.10.